The molecule has 1 N–H and O–H groups in total. The van der Waals surface area contributed by atoms with Crippen molar-refractivity contribution in [3.8, 4) is 10.7 Å². The first-order valence-corrected chi connectivity index (χ1v) is 10.3. The van der Waals surface area contributed by atoms with E-state index in [1.165, 1.54) is 11.3 Å². The van der Waals surface area contributed by atoms with Crippen LogP contribution in [0.5, 0.6) is 0 Å². The molecule has 1 amide bonds. The van der Waals surface area contributed by atoms with Gasteiger partial charge in [-0.25, -0.2) is 23.1 Å². The van der Waals surface area contributed by atoms with Gasteiger partial charge >= 0.3 is 0 Å². The fraction of sp³-hybridized carbons (Fsp3) is 0.0500. The molecule has 0 aliphatic carbocycles. The third-order valence-electron chi connectivity index (χ3n) is 3.96. The van der Waals surface area contributed by atoms with Crippen LogP contribution in [-0.2, 0) is 4.79 Å². The molecule has 2 aromatic carbocycles. The predicted octanol–water partition coefficient (Wildman–Crippen LogP) is 5.51. The molecule has 0 radical (unpaired) electrons. The Morgan fingerprint density at radius 1 is 1.00 bits per heavy atom. The summed E-state index contributed by atoms with van der Waals surface area (Å²) < 4.78 is 40.1. The lowest BCUT2D eigenvalue weighted by molar-refractivity contribution is -0.113. The molecule has 4 rings (SSSR count). The maximum absolute atomic E-state index is 13.7. The van der Waals surface area contributed by atoms with Gasteiger partial charge in [0.15, 0.2) is 23.3 Å². The zero-order valence-corrected chi connectivity index (χ0v) is 16.3. The van der Waals surface area contributed by atoms with Crippen LogP contribution in [0.1, 0.15) is 0 Å². The molecule has 0 aliphatic heterocycles. The number of anilines is 1. The van der Waals surface area contributed by atoms with Crippen molar-refractivity contribution >= 4 is 45.6 Å². The molecule has 2 aromatic heterocycles. The fourth-order valence-electron chi connectivity index (χ4n) is 2.62. The molecule has 0 saturated heterocycles. The third-order valence-corrected chi connectivity index (χ3v) is 5.82. The second-order valence-corrected chi connectivity index (χ2v) is 7.82. The number of carbonyl (C=O) groups is 1. The van der Waals surface area contributed by atoms with Crippen molar-refractivity contribution in [1.82, 2.24) is 9.97 Å². The molecule has 4 nitrogen and oxygen atoms in total. The molecule has 4 aromatic rings. The predicted molar refractivity (Wildman–Crippen MR) is 109 cm³/mol. The molecule has 0 fully saturated rings. The summed E-state index contributed by atoms with van der Waals surface area (Å²) in [5, 5.41) is 5.56. The molecule has 0 bridgehead atoms. The molecule has 0 unspecified atom stereocenters. The number of hydrogen-bond donors (Lipinski definition) is 1. The minimum Gasteiger partial charge on any atom is -0.323 e. The monoisotopic (exact) mass is 431 g/mol. The van der Waals surface area contributed by atoms with Crippen LogP contribution in [0.2, 0.25) is 0 Å². The quantitative estimate of drug-likeness (QED) is 0.257. The lowest BCUT2D eigenvalue weighted by atomic mass is 10.2. The van der Waals surface area contributed by atoms with Crippen molar-refractivity contribution in [2.45, 2.75) is 5.03 Å². The number of fused-ring (bicyclic) bond motifs is 1. The van der Waals surface area contributed by atoms with Crippen LogP contribution in [0.15, 0.2) is 58.9 Å². The normalized spacial score (nSPS) is 11.0. The number of para-hydroxylation sites is 1. The summed E-state index contributed by atoms with van der Waals surface area (Å²) in [7, 11) is 0. The van der Waals surface area contributed by atoms with E-state index in [0.29, 0.717) is 10.9 Å². The number of rotatable bonds is 5. The number of carbonyl (C=O) groups excluding carboxylic acids is 1. The second kappa shape index (κ2) is 8.22. The number of aromatic nitrogens is 2. The van der Waals surface area contributed by atoms with E-state index in [0.717, 1.165) is 39.7 Å². The van der Waals surface area contributed by atoms with E-state index in [2.05, 4.69) is 15.3 Å². The van der Waals surface area contributed by atoms with Crippen LogP contribution in [-0.4, -0.2) is 21.6 Å². The van der Waals surface area contributed by atoms with Crippen molar-refractivity contribution in [3.63, 3.8) is 0 Å². The SMILES string of the molecule is O=C(CSc1nc(-c2cccs2)nc2ccccc12)Nc1ccc(F)c(F)c1F. The summed E-state index contributed by atoms with van der Waals surface area (Å²) in [5.74, 6) is -4.49. The maximum atomic E-state index is 13.7. The van der Waals surface area contributed by atoms with E-state index < -0.39 is 29.0 Å². The van der Waals surface area contributed by atoms with Crippen LogP contribution >= 0.6 is 23.1 Å². The third kappa shape index (κ3) is 4.10. The number of nitrogens with one attached hydrogen (secondary N) is 1. The summed E-state index contributed by atoms with van der Waals surface area (Å²) in [6, 6.07) is 12.9. The van der Waals surface area contributed by atoms with Gasteiger partial charge in [-0.1, -0.05) is 36.0 Å². The molecule has 0 aliphatic rings. The first kappa shape index (κ1) is 19.4. The molecule has 9 heteroatoms. The topological polar surface area (TPSA) is 54.9 Å². The van der Waals surface area contributed by atoms with Gasteiger partial charge in [0.05, 0.1) is 21.8 Å². The van der Waals surface area contributed by atoms with Crippen molar-refractivity contribution < 1.29 is 18.0 Å². The van der Waals surface area contributed by atoms with Crippen molar-refractivity contribution in [3.05, 3.63) is 71.4 Å². The Bertz CT molecular complexity index is 1200. The summed E-state index contributed by atoms with van der Waals surface area (Å²) in [4.78, 5) is 22.2. The van der Waals surface area contributed by atoms with Gasteiger partial charge in [-0.05, 0) is 29.6 Å². The van der Waals surface area contributed by atoms with Crippen LogP contribution in [0.4, 0.5) is 18.9 Å². The number of benzene rings is 2. The molecule has 2 heterocycles. The minimum absolute atomic E-state index is 0.0939. The van der Waals surface area contributed by atoms with Crippen LogP contribution in [0.25, 0.3) is 21.6 Å². The van der Waals surface area contributed by atoms with E-state index in [4.69, 9.17) is 0 Å². The maximum Gasteiger partial charge on any atom is 0.234 e. The highest BCUT2D eigenvalue weighted by molar-refractivity contribution is 8.00. The van der Waals surface area contributed by atoms with Crippen molar-refractivity contribution in [2.24, 2.45) is 0 Å². The average molecular weight is 431 g/mol. The highest BCUT2D eigenvalue weighted by Gasteiger charge is 2.16. The fourth-order valence-corrected chi connectivity index (χ4v) is 4.09. The van der Waals surface area contributed by atoms with E-state index >= 15 is 0 Å². The van der Waals surface area contributed by atoms with Crippen molar-refractivity contribution in [1.29, 1.82) is 0 Å². The smallest absolute Gasteiger partial charge is 0.234 e. The highest BCUT2D eigenvalue weighted by atomic mass is 32.2. The number of halogens is 3. The number of thioether (sulfide) groups is 1. The largest absolute Gasteiger partial charge is 0.323 e. The zero-order chi connectivity index (χ0) is 20.4. The number of nitrogens with zero attached hydrogens (tertiary/aromatic N) is 2. The van der Waals surface area contributed by atoms with E-state index in [9.17, 15) is 18.0 Å². The van der Waals surface area contributed by atoms with Gasteiger partial charge in [0.1, 0.15) is 5.03 Å². The first-order chi connectivity index (χ1) is 14.0. The Morgan fingerprint density at radius 2 is 1.83 bits per heavy atom. The molecular formula is C20H12F3N3OS2. The molecule has 146 valence electrons. The lowest BCUT2D eigenvalue weighted by Gasteiger charge is -2.09. The van der Waals surface area contributed by atoms with Gasteiger partial charge in [0.25, 0.3) is 0 Å². The van der Waals surface area contributed by atoms with Gasteiger partial charge in [-0.2, -0.15) is 0 Å². The Labute approximate surface area is 171 Å². The van der Waals surface area contributed by atoms with E-state index in [-0.39, 0.29) is 5.75 Å². The molecule has 0 atom stereocenters. The molecule has 0 spiro atoms. The number of thiophene rings is 1. The van der Waals surface area contributed by atoms with Gasteiger partial charge in [0.2, 0.25) is 5.91 Å². The van der Waals surface area contributed by atoms with Crippen LogP contribution in [0.3, 0.4) is 0 Å². The molecule has 29 heavy (non-hydrogen) atoms. The second-order valence-electron chi connectivity index (χ2n) is 5.91. The lowest BCUT2D eigenvalue weighted by Crippen LogP contribution is -2.16. The Morgan fingerprint density at radius 3 is 2.62 bits per heavy atom. The minimum atomic E-state index is -1.63. The van der Waals surface area contributed by atoms with Crippen LogP contribution < -0.4 is 5.32 Å². The standard InChI is InChI=1S/C20H12F3N3OS2/c21-12-7-8-14(18(23)17(12)22)24-16(27)10-29-20-11-4-1-2-5-13(11)25-19(26-20)15-6-3-9-28-15/h1-9H,10H2,(H,24,27). The number of hydrogen-bond acceptors (Lipinski definition) is 5. The molecular weight excluding hydrogens is 419 g/mol. The van der Waals surface area contributed by atoms with Gasteiger partial charge in [-0.15, -0.1) is 11.3 Å². The first-order valence-electron chi connectivity index (χ1n) is 8.40. The van der Waals surface area contributed by atoms with Crippen molar-refractivity contribution in [2.75, 3.05) is 11.1 Å². The zero-order valence-electron chi connectivity index (χ0n) is 14.7. The summed E-state index contributed by atoms with van der Waals surface area (Å²) >= 11 is 2.66. The Kier molecular flexibility index (Phi) is 5.50. The Hall–Kier alpha value is -2.91. The number of amides is 1. The highest BCUT2D eigenvalue weighted by Crippen LogP contribution is 2.30. The summed E-state index contributed by atoms with van der Waals surface area (Å²) in [6.07, 6.45) is 0. The van der Waals surface area contributed by atoms with E-state index in [1.807, 2.05) is 41.8 Å². The van der Waals surface area contributed by atoms with Gasteiger partial charge in [-0.3, -0.25) is 4.79 Å². The van der Waals surface area contributed by atoms with E-state index in [1.54, 1.807) is 0 Å². The van der Waals surface area contributed by atoms with Gasteiger partial charge < -0.3 is 5.32 Å². The van der Waals surface area contributed by atoms with Crippen LogP contribution in [0, 0.1) is 17.5 Å². The molecule has 0 saturated carbocycles. The summed E-state index contributed by atoms with van der Waals surface area (Å²) in [6.45, 7) is 0. The summed E-state index contributed by atoms with van der Waals surface area (Å²) in [5.41, 5.74) is 0.321. The average Bonchev–Trinajstić information content (AvgIpc) is 3.27. The Balaban J connectivity index is 1.56. The van der Waals surface area contributed by atoms with Gasteiger partial charge in [0, 0.05) is 5.39 Å².